The predicted molar refractivity (Wildman–Crippen MR) is 62.2 cm³/mol. The van der Waals surface area contributed by atoms with Gasteiger partial charge in [0, 0.05) is 5.02 Å². The Bertz CT molecular complexity index is 422. The van der Waals surface area contributed by atoms with Gasteiger partial charge in [0.1, 0.15) is 5.75 Å². The Kier molecular flexibility index (Phi) is 3.40. The lowest BCUT2D eigenvalue weighted by Crippen LogP contribution is -2.05. The van der Waals surface area contributed by atoms with Crippen molar-refractivity contribution >= 4 is 17.4 Å². The Hall–Kier alpha value is -1.02. The van der Waals surface area contributed by atoms with E-state index in [4.69, 9.17) is 16.3 Å². The maximum Gasteiger partial charge on any atom is 0.163 e. The smallest absolute Gasteiger partial charge is 0.163 e. The number of hydrogen-bond acceptors (Lipinski definition) is 2. The van der Waals surface area contributed by atoms with Gasteiger partial charge >= 0.3 is 0 Å². The Balaban J connectivity index is 3.70. The predicted octanol–water partition coefficient (Wildman–Crippen LogP) is 3.48. The minimum Gasteiger partial charge on any atom is -0.496 e. The molecule has 2 nitrogen and oxygen atoms in total. The molecular weight excluding hydrogens is 212 g/mol. The molecule has 0 fully saturated rings. The molecular formula is C12H15ClO2. The molecule has 0 saturated carbocycles. The fourth-order valence-electron chi connectivity index (χ4n) is 1.76. The lowest BCUT2D eigenvalue weighted by Gasteiger charge is -2.16. The van der Waals surface area contributed by atoms with E-state index in [0.717, 1.165) is 16.7 Å². The van der Waals surface area contributed by atoms with Crippen molar-refractivity contribution in [2.75, 3.05) is 7.11 Å². The zero-order chi connectivity index (χ0) is 11.7. The molecule has 0 saturated heterocycles. The van der Waals surface area contributed by atoms with Crippen LogP contribution in [0.3, 0.4) is 0 Å². The van der Waals surface area contributed by atoms with Crippen LogP contribution in [0.4, 0.5) is 0 Å². The number of rotatable bonds is 2. The summed E-state index contributed by atoms with van der Waals surface area (Å²) in [6, 6.07) is 0. The van der Waals surface area contributed by atoms with E-state index >= 15 is 0 Å². The van der Waals surface area contributed by atoms with Crippen molar-refractivity contribution in [3.8, 4) is 5.75 Å². The molecule has 15 heavy (non-hydrogen) atoms. The Morgan fingerprint density at radius 1 is 1.13 bits per heavy atom. The van der Waals surface area contributed by atoms with E-state index in [1.54, 1.807) is 7.11 Å². The van der Waals surface area contributed by atoms with Crippen LogP contribution in [0.15, 0.2) is 0 Å². The SMILES string of the molecule is COc1c(C)c(C)c(Cl)c(C)c1C(C)=O. The molecule has 0 aromatic heterocycles. The summed E-state index contributed by atoms with van der Waals surface area (Å²) in [4.78, 5) is 11.5. The standard InChI is InChI=1S/C12H15ClO2/c1-6-7(2)12(15-5)10(9(4)14)8(3)11(6)13/h1-5H3. The second-order valence-electron chi connectivity index (χ2n) is 3.65. The Morgan fingerprint density at radius 3 is 2.07 bits per heavy atom. The molecule has 0 atom stereocenters. The van der Waals surface area contributed by atoms with Crippen LogP contribution in [-0.4, -0.2) is 12.9 Å². The lowest BCUT2D eigenvalue weighted by molar-refractivity contribution is 0.101. The highest BCUT2D eigenvalue weighted by molar-refractivity contribution is 6.33. The first kappa shape index (κ1) is 12.1. The largest absolute Gasteiger partial charge is 0.496 e. The summed E-state index contributed by atoms with van der Waals surface area (Å²) in [6.45, 7) is 7.20. The number of halogens is 1. The molecule has 0 aliphatic heterocycles. The molecule has 0 spiro atoms. The summed E-state index contributed by atoms with van der Waals surface area (Å²) in [5.41, 5.74) is 3.28. The van der Waals surface area contributed by atoms with Gasteiger partial charge in [0.2, 0.25) is 0 Å². The van der Waals surface area contributed by atoms with Gasteiger partial charge in [-0.1, -0.05) is 11.6 Å². The summed E-state index contributed by atoms with van der Waals surface area (Å²) in [5, 5.41) is 0.651. The third-order valence-corrected chi connectivity index (χ3v) is 3.29. The minimum absolute atomic E-state index is 0.0191. The molecule has 82 valence electrons. The van der Waals surface area contributed by atoms with E-state index in [-0.39, 0.29) is 5.78 Å². The molecule has 3 heteroatoms. The van der Waals surface area contributed by atoms with Crippen molar-refractivity contribution < 1.29 is 9.53 Å². The van der Waals surface area contributed by atoms with Crippen LogP contribution in [0.5, 0.6) is 5.75 Å². The van der Waals surface area contributed by atoms with Crippen molar-refractivity contribution in [3.05, 3.63) is 27.3 Å². The fraction of sp³-hybridized carbons (Fsp3) is 0.417. The number of Topliss-reactive ketones (excluding diaryl/α,β-unsaturated/α-hetero) is 1. The monoisotopic (exact) mass is 226 g/mol. The summed E-state index contributed by atoms with van der Waals surface area (Å²) < 4.78 is 5.27. The third kappa shape index (κ3) is 1.86. The van der Waals surface area contributed by atoms with E-state index in [9.17, 15) is 4.79 Å². The summed E-state index contributed by atoms with van der Waals surface area (Å²) in [7, 11) is 1.57. The second kappa shape index (κ2) is 4.23. The molecule has 1 rings (SSSR count). The van der Waals surface area contributed by atoms with Crippen molar-refractivity contribution in [2.45, 2.75) is 27.7 Å². The third-order valence-electron chi connectivity index (χ3n) is 2.72. The van der Waals surface area contributed by atoms with E-state index in [1.165, 1.54) is 6.92 Å². The van der Waals surface area contributed by atoms with Crippen LogP contribution in [0.2, 0.25) is 5.02 Å². The van der Waals surface area contributed by atoms with Crippen molar-refractivity contribution in [1.82, 2.24) is 0 Å². The van der Waals surface area contributed by atoms with Crippen LogP contribution in [0.1, 0.15) is 34.0 Å². The van der Waals surface area contributed by atoms with Gasteiger partial charge in [-0.3, -0.25) is 4.79 Å². The quantitative estimate of drug-likeness (QED) is 0.722. The highest BCUT2D eigenvalue weighted by atomic mass is 35.5. The normalized spacial score (nSPS) is 10.3. The molecule has 1 aromatic rings. The number of carbonyl (C=O) groups is 1. The molecule has 0 N–H and O–H groups in total. The maximum absolute atomic E-state index is 11.5. The number of benzene rings is 1. The second-order valence-corrected chi connectivity index (χ2v) is 4.03. The van der Waals surface area contributed by atoms with Crippen molar-refractivity contribution in [3.63, 3.8) is 0 Å². The first-order chi connectivity index (χ1) is 6.91. The van der Waals surface area contributed by atoms with Gasteiger partial charge in [0.25, 0.3) is 0 Å². The van der Waals surface area contributed by atoms with Crippen LogP contribution in [0.25, 0.3) is 0 Å². The van der Waals surface area contributed by atoms with Gasteiger partial charge in [0.15, 0.2) is 5.78 Å². The van der Waals surface area contributed by atoms with Crippen molar-refractivity contribution in [2.24, 2.45) is 0 Å². The first-order valence-corrected chi connectivity index (χ1v) is 5.13. The Labute approximate surface area is 95.2 Å². The zero-order valence-electron chi connectivity index (χ0n) is 9.69. The molecule has 0 radical (unpaired) electrons. The average molecular weight is 227 g/mol. The van der Waals surface area contributed by atoms with Gasteiger partial charge in [-0.2, -0.15) is 0 Å². The molecule has 0 amide bonds. The number of hydrogen-bond donors (Lipinski definition) is 0. The highest BCUT2D eigenvalue weighted by Gasteiger charge is 2.19. The number of methoxy groups -OCH3 is 1. The summed E-state index contributed by atoms with van der Waals surface area (Å²) >= 11 is 6.15. The van der Waals surface area contributed by atoms with Crippen LogP contribution in [0, 0.1) is 20.8 Å². The van der Waals surface area contributed by atoms with E-state index < -0.39 is 0 Å². The number of ketones is 1. The average Bonchev–Trinajstić information content (AvgIpc) is 2.19. The first-order valence-electron chi connectivity index (χ1n) is 4.76. The maximum atomic E-state index is 11.5. The van der Waals surface area contributed by atoms with E-state index in [1.807, 2.05) is 20.8 Å². The van der Waals surface area contributed by atoms with Gasteiger partial charge in [-0.05, 0) is 44.4 Å². The summed E-state index contributed by atoms with van der Waals surface area (Å²) in [6.07, 6.45) is 0. The van der Waals surface area contributed by atoms with Crippen molar-refractivity contribution in [1.29, 1.82) is 0 Å². The number of ether oxygens (including phenoxy) is 1. The fourth-order valence-corrected chi connectivity index (χ4v) is 2.00. The summed E-state index contributed by atoms with van der Waals surface area (Å²) in [5.74, 6) is 0.622. The topological polar surface area (TPSA) is 26.3 Å². The van der Waals surface area contributed by atoms with Gasteiger partial charge < -0.3 is 4.74 Å². The molecule has 0 unspecified atom stereocenters. The minimum atomic E-state index is -0.0191. The molecule has 1 aromatic carbocycles. The highest BCUT2D eigenvalue weighted by Crippen LogP contribution is 2.35. The van der Waals surface area contributed by atoms with Gasteiger partial charge in [-0.25, -0.2) is 0 Å². The molecule has 0 aliphatic carbocycles. The molecule has 0 bridgehead atoms. The zero-order valence-corrected chi connectivity index (χ0v) is 10.5. The van der Waals surface area contributed by atoms with Gasteiger partial charge in [0.05, 0.1) is 12.7 Å². The van der Waals surface area contributed by atoms with E-state index in [0.29, 0.717) is 16.3 Å². The van der Waals surface area contributed by atoms with Gasteiger partial charge in [-0.15, -0.1) is 0 Å². The lowest BCUT2D eigenvalue weighted by atomic mass is 9.96. The molecule has 0 heterocycles. The van der Waals surface area contributed by atoms with Crippen LogP contribution < -0.4 is 4.74 Å². The number of carbonyl (C=O) groups excluding carboxylic acids is 1. The van der Waals surface area contributed by atoms with E-state index in [2.05, 4.69) is 0 Å². The Morgan fingerprint density at radius 2 is 1.67 bits per heavy atom. The van der Waals surface area contributed by atoms with Crippen LogP contribution >= 0.6 is 11.6 Å². The molecule has 0 aliphatic rings. The van der Waals surface area contributed by atoms with Crippen LogP contribution in [-0.2, 0) is 0 Å².